The number of amides is 1. The lowest BCUT2D eigenvalue weighted by Crippen LogP contribution is -2.18. The second-order valence-electron chi connectivity index (χ2n) is 8.11. The molecule has 0 bridgehead atoms. The second-order valence-corrected chi connectivity index (χ2v) is 8.11. The van der Waals surface area contributed by atoms with Crippen LogP contribution in [0.1, 0.15) is 10.5 Å². The summed E-state index contributed by atoms with van der Waals surface area (Å²) in [5.74, 6) is 2.22. The first-order chi connectivity index (χ1) is 17.6. The molecular formula is C28H25N5O3. The smallest absolute Gasteiger partial charge is 0.269 e. The standard InChI is InChI=1S/C28H25N5O3/c1-29-27(34)24-17-21(13-14-30-24)36-20-10-11-25-22(16-20)31-28(33(25)2)32-23-15-19(9-12-26(23)35-3)18-7-5-4-6-8-18/h4-17H,1-3H3,(H,29,34)(H,31,32). The molecule has 0 spiro atoms. The Morgan fingerprint density at radius 3 is 2.50 bits per heavy atom. The summed E-state index contributed by atoms with van der Waals surface area (Å²) in [7, 11) is 5.16. The summed E-state index contributed by atoms with van der Waals surface area (Å²) in [6.07, 6.45) is 1.54. The zero-order valence-electron chi connectivity index (χ0n) is 20.1. The number of nitrogens with zero attached hydrogens (tertiary/aromatic N) is 3. The van der Waals surface area contributed by atoms with Crippen LogP contribution in [0.15, 0.2) is 85.1 Å². The number of hydrogen-bond donors (Lipinski definition) is 2. The Labute approximate surface area is 208 Å². The maximum Gasteiger partial charge on any atom is 0.269 e. The van der Waals surface area contributed by atoms with Crippen molar-refractivity contribution >= 4 is 28.6 Å². The largest absolute Gasteiger partial charge is 0.495 e. The Bertz CT molecular complexity index is 1550. The predicted molar refractivity (Wildman–Crippen MR) is 140 cm³/mol. The third kappa shape index (κ3) is 4.56. The molecule has 8 nitrogen and oxygen atoms in total. The maximum atomic E-state index is 11.9. The quantitative estimate of drug-likeness (QED) is 0.319. The first kappa shape index (κ1) is 22.9. The fraction of sp³-hybridized carbons (Fsp3) is 0.107. The molecule has 5 rings (SSSR count). The van der Waals surface area contributed by atoms with E-state index in [0.29, 0.717) is 17.4 Å². The van der Waals surface area contributed by atoms with E-state index in [1.54, 1.807) is 26.3 Å². The van der Waals surface area contributed by atoms with E-state index in [1.165, 1.54) is 6.20 Å². The lowest BCUT2D eigenvalue weighted by molar-refractivity contribution is 0.0958. The van der Waals surface area contributed by atoms with Crippen LogP contribution in [0, 0.1) is 0 Å². The number of aryl methyl sites for hydroxylation is 1. The third-order valence-electron chi connectivity index (χ3n) is 5.83. The SMILES string of the molecule is CNC(=O)c1cc(Oc2ccc3c(c2)nc(Nc2cc(-c4ccccc4)ccc2OC)n3C)ccn1. The molecule has 3 aromatic carbocycles. The zero-order chi connectivity index (χ0) is 25.1. The molecule has 2 aromatic heterocycles. The van der Waals surface area contributed by atoms with Crippen molar-refractivity contribution in [2.24, 2.45) is 7.05 Å². The second kappa shape index (κ2) is 9.79. The van der Waals surface area contributed by atoms with Crippen LogP contribution < -0.4 is 20.1 Å². The fourth-order valence-corrected chi connectivity index (χ4v) is 3.95. The minimum absolute atomic E-state index is 0.275. The summed E-state index contributed by atoms with van der Waals surface area (Å²) in [5, 5.41) is 5.98. The van der Waals surface area contributed by atoms with Gasteiger partial charge >= 0.3 is 0 Å². The minimum Gasteiger partial charge on any atom is -0.495 e. The number of benzene rings is 3. The van der Waals surface area contributed by atoms with Gasteiger partial charge in [0.1, 0.15) is 22.9 Å². The highest BCUT2D eigenvalue weighted by Gasteiger charge is 2.13. The monoisotopic (exact) mass is 479 g/mol. The highest BCUT2D eigenvalue weighted by atomic mass is 16.5. The molecule has 36 heavy (non-hydrogen) atoms. The molecule has 0 unspecified atom stereocenters. The van der Waals surface area contributed by atoms with Crippen molar-refractivity contribution in [1.82, 2.24) is 19.9 Å². The number of nitrogens with one attached hydrogen (secondary N) is 2. The van der Waals surface area contributed by atoms with E-state index in [2.05, 4.69) is 33.8 Å². The van der Waals surface area contributed by atoms with Crippen LogP contribution in [-0.4, -0.2) is 34.6 Å². The van der Waals surface area contributed by atoms with Crippen molar-refractivity contribution in [2.75, 3.05) is 19.5 Å². The van der Waals surface area contributed by atoms with Gasteiger partial charge < -0.3 is 24.7 Å². The average Bonchev–Trinajstić information content (AvgIpc) is 3.22. The number of carbonyl (C=O) groups excluding carboxylic acids is 1. The first-order valence-electron chi connectivity index (χ1n) is 11.4. The van der Waals surface area contributed by atoms with Crippen molar-refractivity contribution in [3.8, 4) is 28.4 Å². The van der Waals surface area contributed by atoms with Crippen molar-refractivity contribution in [1.29, 1.82) is 0 Å². The van der Waals surface area contributed by atoms with Crippen molar-refractivity contribution in [3.63, 3.8) is 0 Å². The van der Waals surface area contributed by atoms with E-state index in [9.17, 15) is 4.79 Å². The summed E-state index contributed by atoms with van der Waals surface area (Å²) in [5.41, 5.74) is 4.98. The third-order valence-corrected chi connectivity index (χ3v) is 5.83. The number of imidazole rings is 1. The molecule has 0 radical (unpaired) electrons. The number of aromatic nitrogens is 3. The highest BCUT2D eigenvalue weighted by Crippen LogP contribution is 2.34. The van der Waals surface area contributed by atoms with Gasteiger partial charge in [-0.1, -0.05) is 36.4 Å². The Balaban J connectivity index is 1.44. The van der Waals surface area contributed by atoms with Crippen molar-refractivity contribution in [3.05, 3.63) is 90.8 Å². The minimum atomic E-state index is -0.275. The fourth-order valence-electron chi connectivity index (χ4n) is 3.95. The van der Waals surface area contributed by atoms with Crippen molar-refractivity contribution < 1.29 is 14.3 Å². The lowest BCUT2D eigenvalue weighted by atomic mass is 10.0. The lowest BCUT2D eigenvalue weighted by Gasteiger charge is -2.13. The molecule has 0 aliphatic rings. The van der Waals surface area contributed by atoms with Crippen LogP contribution in [-0.2, 0) is 7.05 Å². The van der Waals surface area contributed by atoms with Crippen LogP contribution >= 0.6 is 0 Å². The van der Waals surface area contributed by atoms with Gasteiger partial charge in [-0.3, -0.25) is 9.78 Å². The van der Waals surface area contributed by atoms with Gasteiger partial charge in [-0.15, -0.1) is 0 Å². The molecule has 2 heterocycles. The molecule has 180 valence electrons. The number of methoxy groups -OCH3 is 1. The topological polar surface area (TPSA) is 90.3 Å². The molecule has 8 heteroatoms. The van der Waals surface area contributed by atoms with Gasteiger partial charge in [0, 0.05) is 32.4 Å². The van der Waals surface area contributed by atoms with Gasteiger partial charge in [0.25, 0.3) is 5.91 Å². The Kier molecular flexibility index (Phi) is 6.23. The molecular weight excluding hydrogens is 454 g/mol. The number of anilines is 2. The summed E-state index contributed by atoms with van der Waals surface area (Å²) >= 11 is 0. The van der Waals surface area contributed by atoms with Gasteiger partial charge in [0.2, 0.25) is 5.95 Å². The average molecular weight is 480 g/mol. The molecule has 5 aromatic rings. The zero-order valence-corrected chi connectivity index (χ0v) is 20.1. The van der Waals surface area contributed by atoms with E-state index in [0.717, 1.165) is 33.6 Å². The van der Waals surface area contributed by atoms with Crippen LogP contribution in [0.3, 0.4) is 0 Å². The number of pyridine rings is 1. The van der Waals surface area contributed by atoms with Gasteiger partial charge in [0.05, 0.1) is 23.8 Å². The van der Waals surface area contributed by atoms with E-state index in [4.69, 9.17) is 14.5 Å². The van der Waals surface area contributed by atoms with Crippen LogP contribution in [0.2, 0.25) is 0 Å². The van der Waals surface area contributed by atoms with Gasteiger partial charge in [-0.2, -0.15) is 0 Å². The summed E-state index contributed by atoms with van der Waals surface area (Å²) in [4.78, 5) is 20.7. The van der Waals surface area contributed by atoms with E-state index in [1.807, 2.05) is 60.1 Å². The number of ether oxygens (including phenoxy) is 2. The Morgan fingerprint density at radius 1 is 0.917 bits per heavy atom. The molecule has 0 aliphatic carbocycles. The van der Waals surface area contributed by atoms with E-state index < -0.39 is 0 Å². The van der Waals surface area contributed by atoms with Gasteiger partial charge in [-0.25, -0.2) is 4.98 Å². The van der Waals surface area contributed by atoms with E-state index >= 15 is 0 Å². The summed E-state index contributed by atoms with van der Waals surface area (Å²) in [6.45, 7) is 0. The molecule has 0 fully saturated rings. The maximum absolute atomic E-state index is 11.9. The Morgan fingerprint density at radius 2 is 1.72 bits per heavy atom. The van der Waals surface area contributed by atoms with Crippen LogP contribution in [0.4, 0.5) is 11.6 Å². The molecule has 1 amide bonds. The number of rotatable bonds is 7. The number of fused-ring (bicyclic) bond motifs is 1. The van der Waals surface area contributed by atoms with Gasteiger partial charge in [-0.05, 0) is 41.5 Å². The predicted octanol–water partition coefficient (Wildman–Crippen LogP) is 5.54. The molecule has 0 saturated heterocycles. The first-order valence-corrected chi connectivity index (χ1v) is 11.4. The number of carbonyl (C=O) groups is 1. The molecule has 2 N–H and O–H groups in total. The highest BCUT2D eigenvalue weighted by molar-refractivity contribution is 5.92. The van der Waals surface area contributed by atoms with Crippen LogP contribution in [0.25, 0.3) is 22.2 Å². The summed E-state index contributed by atoms with van der Waals surface area (Å²) < 4.78 is 13.5. The molecule has 0 aliphatic heterocycles. The van der Waals surface area contributed by atoms with E-state index in [-0.39, 0.29) is 11.6 Å². The molecule has 0 atom stereocenters. The summed E-state index contributed by atoms with van der Waals surface area (Å²) in [6, 6.07) is 25.2. The Hall–Kier alpha value is -4.85. The van der Waals surface area contributed by atoms with Crippen molar-refractivity contribution in [2.45, 2.75) is 0 Å². The molecule has 0 saturated carbocycles. The van der Waals surface area contributed by atoms with Crippen LogP contribution in [0.5, 0.6) is 17.2 Å². The normalized spacial score (nSPS) is 10.8. The number of hydrogen-bond acceptors (Lipinski definition) is 6. The van der Waals surface area contributed by atoms with Gasteiger partial charge in [0.15, 0.2) is 0 Å².